The number of para-hydroxylation sites is 1. The van der Waals surface area contributed by atoms with E-state index in [1.807, 2.05) is 67.6 Å². The van der Waals surface area contributed by atoms with Crippen molar-refractivity contribution >= 4 is 35.2 Å². The maximum Gasteiger partial charge on any atom is 0.407 e. The van der Waals surface area contributed by atoms with Gasteiger partial charge in [-0.25, -0.2) is 14.8 Å². The Morgan fingerprint density at radius 1 is 1.09 bits per heavy atom. The zero-order chi connectivity index (χ0) is 23.5. The summed E-state index contributed by atoms with van der Waals surface area (Å²) in [5.74, 6) is 1.41. The minimum atomic E-state index is -0.422. The van der Waals surface area contributed by atoms with Crippen LogP contribution in [0.4, 0.5) is 10.6 Å². The number of aromatic hydroxyl groups is 1. The first-order valence-electron chi connectivity index (χ1n) is 11.4. The third-order valence-electron chi connectivity index (χ3n) is 6.00. The summed E-state index contributed by atoms with van der Waals surface area (Å²) in [7, 11) is 0. The molecule has 8 heteroatoms. The van der Waals surface area contributed by atoms with Crippen molar-refractivity contribution in [1.82, 2.24) is 15.3 Å². The van der Waals surface area contributed by atoms with E-state index in [1.54, 1.807) is 12.1 Å². The molecule has 180 valence electrons. The van der Waals surface area contributed by atoms with Gasteiger partial charge in [0.25, 0.3) is 0 Å². The number of halogens is 1. The van der Waals surface area contributed by atoms with E-state index in [0.29, 0.717) is 17.9 Å². The van der Waals surface area contributed by atoms with E-state index in [9.17, 15) is 9.90 Å². The summed E-state index contributed by atoms with van der Waals surface area (Å²) in [6, 6.07) is 22.7. The van der Waals surface area contributed by atoms with Crippen molar-refractivity contribution in [2.24, 2.45) is 0 Å². The Morgan fingerprint density at radius 2 is 1.86 bits per heavy atom. The molecule has 0 bridgehead atoms. The second-order valence-corrected chi connectivity index (χ2v) is 8.55. The monoisotopic (exact) mass is 490 g/mol. The Hall–Kier alpha value is -3.84. The average Bonchev–Trinajstić information content (AvgIpc) is 3.31. The van der Waals surface area contributed by atoms with Gasteiger partial charge in [0, 0.05) is 18.5 Å². The number of rotatable bonds is 5. The normalized spacial score (nSPS) is 15.0. The van der Waals surface area contributed by atoms with E-state index >= 15 is 0 Å². The smallest absolute Gasteiger partial charge is 0.407 e. The molecule has 0 aliphatic carbocycles. The van der Waals surface area contributed by atoms with Crippen LogP contribution in [-0.2, 0) is 11.3 Å². The highest BCUT2D eigenvalue weighted by molar-refractivity contribution is 5.92. The fourth-order valence-electron chi connectivity index (χ4n) is 4.25. The van der Waals surface area contributed by atoms with Gasteiger partial charge in [-0.05, 0) is 48.7 Å². The van der Waals surface area contributed by atoms with Gasteiger partial charge in [-0.3, -0.25) is 0 Å². The number of phenolic OH excluding ortho intramolecular Hbond substituents is 1. The van der Waals surface area contributed by atoms with Gasteiger partial charge < -0.3 is 20.1 Å². The van der Waals surface area contributed by atoms with Crippen molar-refractivity contribution in [3.8, 4) is 17.1 Å². The molecule has 2 heterocycles. The second kappa shape index (κ2) is 10.6. The molecule has 1 amide bonds. The summed E-state index contributed by atoms with van der Waals surface area (Å²) < 4.78 is 5.38. The molecule has 7 nitrogen and oxygen atoms in total. The van der Waals surface area contributed by atoms with Gasteiger partial charge in [0.1, 0.15) is 18.2 Å². The van der Waals surface area contributed by atoms with E-state index in [2.05, 4.69) is 10.2 Å². The number of benzene rings is 3. The number of anilines is 1. The van der Waals surface area contributed by atoms with E-state index in [-0.39, 0.29) is 30.8 Å². The van der Waals surface area contributed by atoms with Crippen molar-refractivity contribution in [1.29, 1.82) is 0 Å². The molecule has 1 aliphatic rings. The highest BCUT2D eigenvalue weighted by Gasteiger charge is 2.27. The number of hydrogen-bond acceptors (Lipinski definition) is 6. The summed E-state index contributed by atoms with van der Waals surface area (Å²) in [4.78, 5) is 24.1. The number of nitrogens with zero attached hydrogens (tertiary/aromatic N) is 3. The van der Waals surface area contributed by atoms with Crippen LogP contribution in [0.15, 0.2) is 72.8 Å². The van der Waals surface area contributed by atoms with Gasteiger partial charge in [-0.2, -0.15) is 0 Å². The highest BCUT2D eigenvalue weighted by Crippen LogP contribution is 2.33. The van der Waals surface area contributed by atoms with Crippen molar-refractivity contribution in [3.63, 3.8) is 0 Å². The maximum absolute atomic E-state index is 12.3. The number of aryl methyl sites for hydroxylation is 1. The molecule has 5 rings (SSSR count). The van der Waals surface area contributed by atoms with Gasteiger partial charge in [-0.15, -0.1) is 12.4 Å². The number of carbonyl (C=O) groups excluding carboxylic acids is 1. The van der Waals surface area contributed by atoms with Crippen LogP contribution >= 0.6 is 12.4 Å². The lowest BCUT2D eigenvalue weighted by Crippen LogP contribution is -2.37. The number of aromatic nitrogens is 2. The summed E-state index contributed by atoms with van der Waals surface area (Å²) in [6.45, 7) is 3.62. The molecular weight excluding hydrogens is 464 g/mol. The van der Waals surface area contributed by atoms with Gasteiger partial charge in [0.15, 0.2) is 5.82 Å². The Morgan fingerprint density at radius 3 is 2.66 bits per heavy atom. The molecule has 0 unspecified atom stereocenters. The lowest BCUT2D eigenvalue weighted by molar-refractivity contribution is 0.136. The van der Waals surface area contributed by atoms with Crippen LogP contribution in [-0.4, -0.2) is 40.3 Å². The van der Waals surface area contributed by atoms with Crippen LogP contribution in [0.3, 0.4) is 0 Å². The number of alkyl carbamates (subject to hydrolysis) is 1. The Labute approximate surface area is 210 Å². The molecule has 1 aliphatic heterocycles. The average molecular weight is 491 g/mol. The molecule has 0 radical (unpaired) electrons. The molecule has 1 fully saturated rings. The number of carbonyl (C=O) groups is 1. The second-order valence-electron chi connectivity index (χ2n) is 8.55. The molecule has 1 atom stereocenters. The SMILES string of the molecule is Cc1ccc2c(N3CC[C@@H](NC(=O)OCc4ccccc4)C3)nc(-c3ccccc3O)nc2c1.Cl. The van der Waals surface area contributed by atoms with E-state index < -0.39 is 6.09 Å². The fraction of sp³-hybridized carbons (Fsp3) is 0.222. The number of phenols is 1. The highest BCUT2D eigenvalue weighted by atomic mass is 35.5. The molecule has 4 aromatic rings. The van der Waals surface area contributed by atoms with Gasteiger partial charge in [0.05, 0.1) is 17.1 Å². The fourth-order valence-corrected chi connectivity index (χ4v) is 4.25. The quantitative estimate of drug-likeness (QED) is 0.398. The van der Waals surface area contributed by atoms with Crippen LogP contribution < -0.4 is 10.2 Å². The molecule has 1 saturated heterocycles. The predicted molar refractivity (Wildman–Crippen MR) is 139 cm³/mol. The number of nitrogens with one attached hydrogen (secondary N) is 1. The van der Waals surface area contributed by atoms with Crippen LogP contribution in [0.2, 0.25) is 0 Å². The Kier molecular flexibility index (Phi) is 7.36. The number of amides is 1. The first kappa shape index (κ1) is 24.3. The molecule has 35 heavy (non-hydrogen) atoms. The van der Waals surface area contributed by atoms with E-state index in [4.69, 9.17) is 14.7 Å². The van der Waals surface area contributed by atoms with Crippen LogP contribution in [0.25, 0.3) is 22.3 Å². The summed E-state index contributed by atoms with van der Waals surface area (Å²) in [6.07, 6.45) is 0.359. The maximum atomic E-state index is 12.3. The zero-order valence-corrected chi connectivity index (χ0v) is 20.2. The van der Waals surface area contributed by atoms with Gasteiger partial charge in [-0.1, -0.05) is 48.5 Å². The first-order chi connectivity index (χ1) is 16.6. The zero-order valence-electron chi connectivity index (χ0n) is 19.3. The number of hydrogen-bond donors (Lipinski definition) is 2. The summed E-state index contributed by atoms with van der Waals surface area (Å²) >= 11 is 0. The van der Waals surface area contributed by atoms with Crippen LogP contribution in [0, 0.1) is 6.92 Å². The molecule has 0 saturated carbocycles. The van der Waals surface area contributed by atoms with Crippen LogP contribution in [0.1, 0.15) is 17.5 Å². The van der Waals surface area contributed by atoms with Crippen molar-refractivity contribution in [3.05, 3.63) is 83.9 Å². The van der Waals surface area contributed by atoms with Crippen molar-refractivity contribution in [2.45, 2.75) is 26.0 Å². The molecule has 3 aromatic carbocycles. The molecule has 1 aromatic heterocycles. The summed E-state index contributed by atoms with van der Waals surface area (Å²) in [5, 5.41) is 14.3. The van der Waals surface area contributed by atoms with Crippen molar-refractivity contribution in [2.75, 3.05) is 18.0 Å². The van der Waals surface area contributed by atoms with E-state index in [0.717, 1.165) is 40.8 Å². The molecular formula is C27H27ClN4O3. The minimum Gasteiger partial charge on any atom is -0.507 e. The summed E-state index contributed by atoms with van der Waals surface area (Å²) in [5.41, 5.74) is 3.46. The van der Waals surface area contributed by atoms with Crippen LogP contribution in [0.5, 0.6) is 5.75 Å². The Bertz CT molecular complexity index is 1330. The third-order valence-corrected chi connectivity index (χ3v) is 6.00. The number of fused-ring (bicyclic) bond motifs is 1. The van der Waals surface area contributed by atoms with Gasteiger partial charge >= 0.3 is 6.09 Å². The minimum absolute atomic E-state index is 0. The van der Waals surface area contributed by atoms with Crippen molar-refractivity contribution < 1.29 is 14.6 Å². The third kappa shape index (κ3) is 5.46. The molecule has 0 spiro atoms. The first-order valence-corrected chi connectivity index (χ1v) is 11.4. The molecule has 2 N–H and O–H groups in total. The standard InChI is InChI=1S/C27H26N4O3.ClH/c1-18-11-12-21-23(15-18)29-25(22-9-5-6-10-24(22)32)30-26(21)31-14-13-20(16-31)28-27(33)34-17-19-7-3-2-4-8-19;/h2-12,15,20,32H,13-14,16-17H2,1H3,(H,28,33);1H/t20-;/m1./s1. The van der Waals surface area contributed by atoms with E-state index in [1.165, 1.54) is 0 Å². The largest absolute Gasteiger partial charge is 0.507 e. The lowest BCUT2D eigenvalue weighted by atomic mass is 10.1. The topological polar surface area (TPSA) is 87.6 Å². The predicted octanol–water partition coefficient (Wildman–Crippen LogP) is 5.24. The van der Waals surface area contributed by atoms with Gasteiger partial charge in [0.2, 0.25) is 0 Å². The lowest BCUT2D eigenvalue weighted by Gasteiger charge is -2.21. The Balaban J connectivity index is 0.00000289. The number of ether oxygens (including phenoxy) is 1.